The van der Waals surface area contributed by atoms with E-state index >= 15 is 0 Å². The quantitative estimate of drug-likeness (QED) is 0.830. The SMILES string of the molecule is CN1CCC(Nc2cnn(CC(=O)NC3CC3)c2)CC1. The fraction of sp³-hybridized carbons (Fsp3) is 0.714. The summed E-state index contributed by atoms with van der Waals surface area (Å²) < 4.78 is 1.70. The number of nitrogens with one attached hydrogen (secondary N) is 2. The molecular formula is C14H23N5O. The first-order chi connectivity index (χ1) is 9.69. The van der Waals surface area contributed by atoms with Gasteiger partial charge in [-0.05, 0) is 45.8 Å². The molecule has 2 fully saturated rings. The zero-order valence-electron chi connectivity index (χ0n) is 12.0. The second kappa shape index (κ2) is 5.83. The lowest BCUT2D eigenvalue weighted by Gasteiger charge is -2.29. The number of anilines is 1. The maximum absolute atomic E-state index is 11.7. The standard InChI is InChI=1S/C14H23N5O/c1-18-6-4-12(5-7-18)16-13-8-15-19(9-13)10-14(20)17-11-2-3-11/h8-9,11-12,16H,2-7,10H2,1H3,(H,17,20). The first kappa shape index (κ1) is 13.4. The average Bonchev–Trinajstić information content (AvgIpc) is 3.12. The molecule has 1 saturated carbocycles. The minimum atomic E-state index is 0.0569. The molecule has 1 aromatic rings. The van der Waals surface area contributed by atoms with Crippen molar-refractivity contribution in [2.45, 2.75) is 44.3 Å². The summed E-state index contributed by atoms with van der Waals surface area (Å²) in [7, 11) is 2.16. The second-order valence-electron chi connectivity index (χ2n) is 5.99. The topological polar surface area (TPSA) is 62.2 Å². The van der Waals surface area contributed by atoms with Crippen LogP contribution in [-0.4, -0.2) is 52.8 Å². The molecule has 1 aromatic heterocycles. The lowest BCUT2D eigenvalue weighted by Crippen LogP contribution is -2.36. The van der Waals surface area contributed by atoms with Crippen molar-refractivity contribution in [1.29, 1.82) is 0 Å². The van der Waals surface area contributed by atoms with Gasteiger partial charge in [-0.2, -0.15) is 5.10 Å². The van der Waals surface area contributed by atoms with E-state index in [0.29, 0.717) is 18.6 Å². The minimum absolute atomic E-state index is 0.0569. The first-order valence-electron chi connectivity index (χ1n) is 7.46. The first-order valence-corrected chi connectivity index (χ1v) is 7.46. The highest BCUT2D eigenvalue weighted by molar-refractivity contribution is 5.76. The van der Waals surface area contributed by atoms with Crippen LogP contribution in [0.5, 0.6) is 0 Å². The summed E-state index contributed by atoms with van der Waals surface area (Å²) in [5.41, 5.74) is 1.01. The van der Waals surface area contributed by atoms with E-state index < -0.39 is 0 Å². The van der Waals surface area contributed by atoms with Crippen LogP contribution >= 0.6 is 0 Å². The van der Waals surface area contributed by atoms with Gasteiger partial charge in [-0.1, -0.05) is 0 Å². The largest absolute Gasteiger partial charge is 0.380 e. The van der Waals surface area contributed by atoms with Crippen molar-refractivity contribution in [1.82, 2.24) is 20.0 Å². The van der Waals surface area contributed by atoms with Gasteiger partial charge in [0.2, 0.25) is 5.91 Å². The lowest BCUT2D eigenvalue weighted by molar-refractivity contribution is -0.122. The van der Waals surface area contributed by atoms with Crippen LogP contribution in [0.1, 0.15) is 25.7 Å². The third kappa shape index (κ3) is 3.72. The van der Waals surface area contributed by atoms with E-state index in [1.54, 1.807) is 4.68 Å². The number of piperidine rings is 1. The number of rotatable bonds is 5. The lowest BCUT2D eigenvalue weighted by atomic mass is 10.1. The fourth-order valence-electron chi connectivity index (χ4n) is 2.56. The summed E-state index contributed by atoms with van der Waals surface area (Å²) in [5.74, 6) is 0.0569. The van der Waals surface area contributed by atoms with Gasteiger partial charge in [0.05, 0.1) is 11.9 Å². The molecule has 0 atom stereocenters. The predicted molar refractivity (Wildman–Crippen MR) is 77.5 cm³/mol. The van der Waals surface area contributed by atoms with Crippen molar-refractivity contribution in [3.05, 3.63) is 12.4 Å². The highest BCUT2D eigenvalue weighted by Crippen LogP contribution is 2.18. The van der Waals surface area contributed by atoms with Gasteiger partial charge in [0.15, 0.2) is 0 Å². The van der Waals surface area contributed by atoms with Gasteiger partial charge in [0.25, 0.3) is 0 Å². The third-order valence-electron chi connectivity index (χ3n) is 3.97. The van der Waals surface area contributed by atoms with Crippen LogP contribution in [0.25, 0.3) is 0 Å². The number of carbonyl (C=O) groups excluding carboxylic acids is 1. The molecule has 1 aliphatic carbocycles. The van der Waals surface area contributed by atoms with E-state index in [0.717, 1.165) is 44.5 Å². The maximum Gasteiger partial charge on any atom is 0.241 e. The van der Waals surface area contributed by atoms with Gasteiger partial charge in [-0.25, -0.2) is 0 Å². The molecule has 0 radical (unpaired) electrons. The molecule has 1 aliphatic heterocycles. The molecule has 0 aromatic carbocycles. The van der Waals surface area contributed by atoms with E-state index in [1.807, 2.05) is 12.4 Å². The Morgan fingerprint density at radius 3 is 2.75 bits per heavy atom. The number of carbonyl (C=O) groups is 1. The second-order valence-corrected chi connectivity index (χ2v) is 5.99. The van der Waals surface area contributed by atoms with Crippen LogP contribution in [0.2, 0.25) is 0 Å². The molecule has 2 N–H and O–H groups in total. The summed E-state index contributed by atoms with van der Waals surface area (Å²) in [6.07, 6.45) is 8.28. The Morgan fingerprint density at radius 2 is 2.05 bits per heavy atom. The fourth-order valence-corrected chi connectivity index (χ4v) is 2.56. The molecule has 2 aliphatic rings. The number of likely N-dealkylation sites (tertiary alicyclic amines) is 1. The number of nitrogens with zero attached hydrogens (tertiary/aromatic N) is 3. The Morgan fingerprint density at radius 1 is 1.30 bits per heavy atom. The van der Waals surface area contributed by atoms with Gasteiger partial charge >= 0.3 is 0 Å². The van der Waals surface area contributed by atoms with E-state index in [2.05, 4.69) is 27.7 Å². The van der Waals surface area contributed by atoms with Gasteiger partial charge < -0.3 is 15.5 Å². The summed E-state index contributed by atoms with van der Waals surface area (Å²) in [6.45, 7) is 2.58. The summed E-state index contributed by atoms with van der Waals surface area (Å²) in [6, 6.07) is 0.930. The van der Waals surface area contributed by atoms with Gasteiger partial charge in [-0.3, -0.25) is 9.48 Å². The number of hydrogen-bond donors (Lipinski definition) is 2. The zero-order chi connectivity index (χ0) is 13.9. The van der Waals surface area contributed by atoms with E-state index in [-0.39, 0.29) is 5.91 Å². The molecule has 0 unspecified atom stereocenters. The zero-order valence-corrected chi connectivity index (χ0v) is 12.0. The normalized spacial score (nSPS) is 20.9. The third-order valence-corrected chi connectivity index (χ3v) is 3.97. The number of hydrogen-bond acceptors (Lipinski definition) is 4. The van der Waals surface area contributed by atoms with E-state index in [4.69, 9.17) is 0 Å². The smallest absolute Gasteiger partial charge is 0.241 e. The Bertz CT molecular complexity index is 460. The van der Waals surface area contributed by atoms with Crippen LogP contribution in [0.3, 0.4) is 0 Å². The minimum Gasteiger partial charge on any atom is -0.380 e. The average molecular weight is 277 g/mol. The van der Waals surface area contributed by atoms with Crippen LogP contribution in [0, 0.1) is 0 Å². The highest BCUT2D eigenvalue weighted by atomic mass is 16.2. The Labute approximate surface area is 119 Å². The van der Waals surface area contributed by atoms with Gasteiger partial charge in [0.1, 0.15) is 6.54 Å². The molecule has 20 heavy (non-hydrogen) atoms. The summed E-state index contributed by atoms with van der Waals surface area (Å²) >= 11 is 0. The van der Waals surface area contributed by atoms with E-state index in [9.17, 15) is 4.79 Å². The van der Waals surface area contributed by atoms with Crippen LogP contribution < -0.4 is 10.6 Å². The molecule has 1 amide bonds. The van der Waals surface area contributed by atoms with Crippen LogP contribution in [-0.2, 0) is 11.3 Å². The Hall–Kier alpha value is -1.56. The number of aromatic nitrogens is 2. The predicted octanol–water partition coefficient (Wildman–Crippen LogP) is 0.668. The molecule has 1 saturated heterocycles. The molecular weight excluding hydrogens is 254 g/mol. The van der Waals surface area contributed by atoms with Crippen molar-refractivity contribution < 1.29 is 4.79 Å². The van der Waals surface area contributed by atoms with Crippen molar-refractivity contribution in [3.63, 3.8) is 0 Å². The van der Waals surface area contributed by atoms with Gasteiger partial charge in [-0.15, -0.1) is 0 Å². The molecule has 6 nitrogen and oxygen atoms in total. The van der Waals surface area contributed by atoms with Crippen LogP contribution in [0.15, 0.2) is 12.4 Å². The van der Waals surface area contributed by atoms with Crippen molar-refractivity contribution in [2.24, 2.45) is 0 Å². The summed E-state index contributed by atoms with van der Waals surface area (Å²) in [4.78, 5) is 14.1. The van der Waals surface area contributed by atoms with Crippen molar-refractivity contribution in [2.75, 3.05) is 25.5 Å². The maximum atomic E-state index is 11.7. The molecule has 2 heterocycles. The van der Waals surface area contributed by atoms with Crippen molar-refractivity contribution >= 4 is 11.6 Å². The number of amides is 1. The van der Waals surface area contributed by atoms with Crippen LogP contribution in [0.4, 0.5) is 5.69 Å². The molecule has 0 bridgehead atoms. The van der Waals surface area contributed by atoms with Crippen molar-refractivity contribution in [3.8, 4) is 0 Å². The monoisotopic (exact) mass is 277 g/mol. The Kier molecular flexibility index (Phi) is 3.91. The summed E-state index contributed by atoms with van der Waals surface area (Å²) in [5, 5.41) is 10.7. The highest BCUT2D eigenvalue weighted by Gasteiger charge is 2.23. The Balaban J connectivity index is 1.47. The molecule has 0 spiro atoms. The molecule has 3 rings (SSSR count). The molecule has 6 heteroatoms. The van der Waals surface area contributed by atoms with E-state index in [1.165, 1.54) is 0 Å². The van der Waals surface area contributed by atoms with Gasteiger partial charge in [0, 0.05) is 18.3 Å². The molecule has 110 valence electrons.